The number of carbonyl (C=O) groups is 1. The lowest BCUT2D eigenvalue weighted by molar-refractivity contribution is 0.0723. The van der Waals surface area contributed by atoms with Gasteiger partial charge in [-0.25, -0.2) is 9.48 Å². The summed E-state index contributed by atoms with van der Waals surface area (Å²) in [5.74, 6) is 0.0813. The Morgan fingerprint density at radius 3 is 2.46 bits per heavy atom. The van der Waals surface area contributed by atoms with Crippen LogP contribution in [0.5, 0.6) is 5.88 Å². The quantitative estimate of drug-likeness (QED) is 0.594. The number of ether oxygens (including phenoxy) is 1. The highest BCUT2D eigenvalue weighted by atomic mass is 16.5. The monoisotopic (exact) mass is 348 g/mol. The van der Waals surface area contributed by atoms with Crippen molar-refractivity contribution in [2.75, 3.05) is 0 Å². The fourth-order valence-corrected chi connectivity index (χ4v) is 2.87. The number of nitrogens with zero attached hydrogens (tertiary/aromatic N) is 2. The molecule has 1 aromatic heterocycles. The second-order valence-corrected chi connectivity index (χ2v) is 6.36. The van der Waals surface area contributed by atoms with Crippen molar-refractivity contribution in [3.05, 3.63) is 77.0 Å². The third-order valence-corrected chi connectivity index (χ3v) is 4.37. The van der Waals surface area contributed by atoms with Crippen LogP contribution < -0.4 is 4.74 Å². The van der Waals surface area contributed by atoms with E-state index < -0.39 is 0 Å². The lowest BCUT2D eigenvalue weighted by Gasteiger charge is -2.10. The minimum Gasteiger partial charge on any atom is -0.404 e. The molecule has 0 spiro atoms. The van der Waals surface area contributed by atoms with Crippen molar-refractivity contribution in [3.63, 3.8) is 0 Å². The highest BCUT2D eigenvalue weighted by Crippen LogP contribution is 2.23. The van der Waals surface area contributed by atoms with Crippen LogP contribution in [0, 0.1) is 6.92 Å². The molecular weight excluding hydrogens is 324 g/mol. The average Bonchev–Trinajstić information content (AvgIpc) is 3.04. The van der Waals surface area contributed by atoms with Crippen LogP contribution in [-0.2, 0) is 12.8 Å². The molecule has 0 aliphatic rings. The SMILES string of the molecule is CCCc1cc(OC(=O)c2ccc(CC)cc2)n(-c2ccccc2C)n1. The largest absolute Gasteiger partial charge is 0.404 e. The summed E-state index contributed by atoms with van der Waals surface area (Å²) in [6.07, 6.45) is 2.76. The highest BCUT2D eigenvalue weighted by Gasteiger charge is 2.16. The minimum absolute atomic E-state index is 0.370. The summed E-state index contributed by atoms with van der Waals surface area (Å²) in [7, 11) is 0. The second-order valence-electron chi connectivity index (χ2n) is 6.36. The molecule has 0 fully saturated rings. The average molecular weight is 348 g/mol. The molecule has 2 aromatic carbocycles. The van der Waals surface area contributed by atoms with Crippen LogP contribution in [-0.4, -0.2) is 15.7 Å². The fourth-order valence-electron chi connectivity index (χ4n) is 2.87. The number of esters is 1. The van der Waals surface area contributed by atoms with E-state index in [0.717, 1.165) is 36.2 Å². The number of para-hydroxylation sites is 1. The molecule has 0 saturated carbocycles. The summed E-state index contributed by atoms with van der Waals surface area (Å²) < 4.78 is 7.42. The minimum atomic E-state index is -0.370. The van der Waals surface area contributed by atoms with Gasteiger partial charge in [-0.3, -0.25) is 0 Å². The molecule has 4 heteroatoms. The number of hydrogen-bond acceptors (Lipinski definition) is 3. The number of aromatic nitrogens is 2. The Bertz CT molecular complexity index is 895. The second kappa shape index (κ2) is 8.00. The Kier molecular flexibility index (Phi) is 5.52. The predicted octanol–water partition coefficient (Wildman–Crippen LogP) is 4.91. The summed E-state index contributed by atoms with van der Waals surface area (Å²) in [6, 6.07) is 17.3. The van der Waals surface area contributed by atoms with Crippen LogP contribution in [0.1, 0.15) is 47.4 Å². The van der Waals surface area contributed by atoms with Crippen LogP contribution in [0.15, 0.2) is 54.6 Å². The van der Waals surface area contributed by atoms with Crippen molar-refractivity contribution in [1.82, 2.24) is 9.78 Å². The number of rotatable bonds is 6. The van der Waals surface area contributed by atoms with E-state index >= 15 is 0 Å². The van der Waals surface area contributed by atoms with Crippen LogP contribution in [0.3, 0.4) is 0 Å². The first-order valence-electron chi connectivity index (χ1n) is 9.08. The van der Waals surface area contributed by atoms with E-state index in [9.17, 15) is 4.79 Å². The molecule has 0 atom stereocenters. The molecule has 0 saturated heterocycles. The molecule has 0 unspecified atom stereocenters. The molecule has 0 radical (unpaired) electrons. The highest BCUT2D eigenvalue weighted by molar-refractivity contribution is 5.91. The predicted molar refractivity (Wildman–Crippen MR) is 103 cm³/mol. The number of hydrogen-bond donors (Lipinski definition) is 0. The van der Waals surface area contributed by atoms with Gasteiger partial charge in [-0.15, -0.1) is 0 Å². The fraction of sp³-hybridized carbons (Fsp3) is 0.273. The maximum Gasteiger partial charge on any atom is 0.344 e. The summed E-state index contributed by atoms with van der Waals surface area (Å²) >= 11 is 0. The third kappa shape index (κ3) is 3.85. The van der Waals surface area contributed by atoms with Gasteiger partial charge < -0.3 is 4.74 Å². The summed E-state index contributed by atoms with van der Waals surface area (Å²) in [4.78, 5) is 12.6. The Labute approximate surface area is 154 Å². The van der Waals surface area contributed by atoms with Crippen molar-refractivity contribution >= 4 is 5.97 Å². The normalized spacial score (nSPS) is 10.7. The van der Waals surface area contributed by atoms with E-state index in [2.05, 4.69) is 18.9 Å². The Morgan fingerprint density at radius 1 is 1.08 bits per heavy atom. The molecule has 0 bridgehead atoms. The van der Waals surface area contributed by atoms with E-state index in [0.29, 0.717) is 11.4 Å². The van der Waals surface area contributed by atoms with Gasteiger partial charge in [0.15, 0.2) is 0 Å². The van der Waals surface area contributed by atoms with Gasteiger partial charge in [0, 0.05) is 6.07 Å². The zero-order chi connectivity index (χ0) is 18.5. The topological polar surface area (TPSA) is 44.1 Å². The summed E-state index contributed by atoms with van der Waals surface area (Å²) in [6.45, 7) is 6.21. The maximum absolute atomic E-state index is 12.6. The van der Waals surface area contributed by atoms with E-state index in [1.165, 1.54) is 5.56 Å². The molecular formula is C22H24N2O2. The van der Waals surface area contributed by atoms with Crippen molar-refractivity contribution in [2.24, 2.45) is 0 Å². The number of aryl methyl sites for hydroxylation is 3. The van der Waals surface area contributed by atoms with Gasteiger partial charge in [0.1, 0.15) is 0 Å². The first-order valence-corrected chi connectivity index (χ1v) is 9.08. The molecule has 4 nitrogen and oxygen atoms in total. The number of carbonyl (C=O) groups excluding carboxylic acids is 1. The first-order chi connectivity index (χ1) is 12.6. The maximum atomic E-state index is 12.6. The Morgan fingerprint density at radius 2 is 1.81 bits per heavy atom. The molecule has 26 heavy (non-hydrogen) atoms. The van der Waals surface area contributed by atoms with Crippen LogP contribution in [0.25, 0.3) is 5.69 Å². The third-order valence-electron chi connectivity index (χ3n) is 4.37. The van der Waals surface area contributed by atoms with Crippen LogP contribution >= 0.6 is 0 Å². The first kappa shape index (κ1) is 17.9. The Balaban J connectivity index is 1.93. The smallest absolute Gasteiger partial charge is 0.344 e. The van der Waals surface area contributed by atoms with Gasteiger partial charge in [0.25, 0.3) is 0 Å². The van der Waals surface area contributed by atoms with Crippen molar-refractivity contribution in [3.8, 4) is 11.6 Å². The van der Waals surface area contributed by atoms with Gasteiger partial charge in [0.2, 0.25) is 5.88 Å². The molecule has 3 rings (SSSR count). The van der Waals surface area contributed by atoms with Crippen molar-refractivity contribution < 1.29 is 9.53 Å². The molecule has 3 aromatic rings. The van der Waals surface area contributed by atoms with Gasteiger partial charge >= 0.3 is 5.97 Å². The van der Waals surface area contributed by atoms with Gasteiger partial charge in [-0.2, -0.15) is 5.10 Å². The zero-order valence-electron chi connectivity index (χ0n) is 15.5. The van der Waals surface area contributed by atoms with Crippen LogP contribution in [0.4, 0.5) is 0 Å². The molecule has 0 aliphatic carbocycles. The van der Waals surface area contributed by atoms with Crippen molar-refractivity contribution in [1.29, 1.82) is 0 Å². The van der Waals surface area contributed by atoms with E-state index in [1.807, 2.05) is 61.5 Å². The van der Waals surface area contributed by atoms with E-state index in [-0.39, 0.29) is 5.97 Å². The summed E-state index contributed by atoms with van der Waals surface area (Å²) in [5.41, 5.74) is 4.63. The standard InChI is InChI=1S/C22H24N2O2/c1-4-8-19-15-21(24(23-19)20-10-7-6-9-16(20)3)26-22(25)18-13-11-17(5-2)12-14-18/h6-7,9-15H,4-5,8H2,1-3H3. The molecule has 1 heterocycles. The van der Waals surface area contributed by atoms with Gasteiger partial charge in [0.05, 0.1) is 16.9 Å². The molecule has 0 N–H and O–H groups in total. The van der Waals surface area contributed by atoms with Gasteiger partial charge in [-0.1, -0.05) is 50.6 Å². The van der Waals surface area contributed by atoms with Crippen molar-refractivity contribution in [2.45, 2.75) is 40.0 Å². The van der Waals surface area contributed by atoms with E-state index in [1.54, 1.807) is 4.68 Å². The molecule has 0 amide bonds. The van der Waals surface area contributed by atoms with Gasteiger partial charge in [-0.05, 0) is 49.1 Å². The Hall–Kier alpha value is -2.88. The van der Waals surface area contributed by atoms with E-state index in [4.69, 9.17) is 4.74 Å². The lowest BCUT2D eigenvalue weighted by Crippen LogP contribution is -2.12. The lowest BCUT2D eigenvalue weighted by atomic mass is 10.1. The van der Waals surface area contributed by atoms with Crippen LogP contribution in [0.2, 0.25) is 0 Å². The molecule has 0 aliphatic heterocycles. The number of benzene rings is 2. The zero-order valence-corrected chi connectivity index (χ0v) is 15.5. The molecule has 134 valence electrons. The summed E-state index contributed by atoms with van der Waals surface area (Å²) in [5, 5.41) is 4.64.